The molecule has 1 rings (SSSR count). The maximum Gasteiger partial charge on any atom is 0.253 e. The van der Waals surface area contributed by atoms with E-state index in [1.165, 1.54) is 0 Å². The fourth-order valence-corrected chi connectivity index (χ4v) is 1.57. The van der Waals surface area contributed by atoms with Crippen LogP contribution in [0.25, 0.3) is 0 Å². The number of anilines is 1. The SMILES string of the molecule is COc1ccc(C)cc1NC(=O)[C@H](C)OCC(C)C. The number of nitrogens with one attached hydrogen (secondary N) is 1. The molecule has 0 bridgehead atoms. The lowest BCUT2D eigenvalue weighted by molar-refractivity contribution is -0.126. The molecular formula is C15H23NO3. The van der Waals surface area contributed by atoms with Crippen LogP contribution in [0.1, 0.15) is 26.3 Å². The zero-order valence-corrected chi connectivity index (χ0v) is 12.3. The second kappa shape index (κ2) is 7.14. The van der Waals surface area contributed by atoms with Crippen LogP contribution in [-0.4, -0.2) is 25.7 Å². The van der Waals surface area contributed by atoms with Crippen molar-refractivity contribution < 1.29 is 14.3 Å². The summed E-state index contributed by atoms with van der Waals surface area (Å²) in [6, 6.07) is 5.66. The second-order valence-electron chi connectivity index (χ2n) is 5.06. The van der Waals surface area contributed by atoms with Gasteiger partial charge < -0.3 is 14.8 Å². The minimum atomic E-state index is -0.479. The van der Waals surface area contributed by atoms with E-state index in [1.807, 2.05) is 39.0 Å². The van der Waals surface area contributed by atoms with Gasteiger partial charge in [-0.15, -0.1) is 0 Å². The average molecular weight is 265 g/mol. The van der Waals surface area contributed by atoms with Crippen molar-refractivity contribution in [2.75, 3.05) is 19.0 Å². The first-order chi connectivity index (χ1) is 8.93. The molecule has 4 nitrogen and oxygen atoms in total. The molecule has 0 aliphatic rings. The van der Waals surface area contributed by atoms with Gasteiger partial charge in [0.25, 0.3) is 5.91 Å². The third kappa shape index (κ3) is 4.91. The molecule has 0 aliphatic heterocycles. The molecule has 0 aliphatic carbocycles. The van der Waals surface area contributed by atoms with Gasteiger partial charge in [-0.1, -0.05) is 19.9 Å². The molecule has 1 aromatic rings. The number of hydrogen-bond acceptors (Lipinski definition) is 3. The van der Waals surface area contributed by atoms with Crippen molar-refractivity contribution in [1.82, 2.24) is 0 Å². The van der Waals surface area contributed by atoms with Crippen LogP contribution in [0.3, 0.4) is 0 Å². The number of amides is 1. The van der Waals surface area contributed by atoms with Crippen molar-refractivity contribution in [3.8, 4) is 5.75 Å². The summed E-state index contributed by atoms with van der Waals surface area (Å²) in [7, 11) is 1.58. The summed E-state index contributed by atoms with van der Waals surface area (Å²) >= 11 is 0. The van der Waals surface area contributed by atoms with Gasteiger partial charge in [-0.3, -0.25) is 4.79 Å². The topological polar surface area (TPSA) is 47.6 Å². The number of benzene rings is 1. The number of carbonyl (C=O) groups excluding carboxylic acids is 1. The Bertz CT molecular complexity index is 429. The lowest BCUT2D eigenvalue weighted by Gasteiger charge is -2.16. The smallest absolute Gasteiger partial charge is 0.253 e. The predicted molar refractivity (Wildman–Crippen MR) is 76.6 cm³/mol. The predicted octanol–water partition coefficient (Wildman–Crippen LogP) is 3.00. The first kappa shape index (κ1) is 15.5. The van der Waals surface area contributed by atoms with Crippen LogP contribution < -0.4 is 10.1 Å². The van der Waals surface area contributed by atoms with E-state index in [-0.39, 0.29) is 5.91 Å². The van der Waals surface area contributed by atoms with E-state index in [9.17, 15) is 4.79 Å². The molecule has 0 heterocycles. The molecule has 0 spiro atoms. The van der Waals surface area contributed by atoms with Gasteiger partial charge in [-0.25, -0.2) is 0 Å². The van der Waals surface area contributed by atoms with Crippen LogP contribution in [0, 0.1) is 12.8 Å². The number of rotatable bonds is 6. The van der Waals surface area contributed by atoms with Gasteiger partial charge in [-0.2, -0.15) is 0 Å². The average Bonchev–Trinajstić information content (AvgIpc) is 2.36. The fraction of sp³-hybridized carbons (Fsp3) is 0.533. The fourth-order valence-electron chi connectivity index (χ4n) is 1.57. The van der Waals surface area contributed by atoms with E-state index in [0.717, 1.165) is 5.56 Å². The molecule has 0 unspecified atom stereocenters. The van der Waals surface area contributed by atoms with Gasteiger partial charge in [0.2, 0.25) is 0 Å². The normalized spacial score (nSPS) is 12.3. The molecule has 0 radical (unpaired) electrons. The Morgan fingerprint density at radius 3 is 2.58 bits per heavy atom. The summed E-state index contributed by atoms with van der Waals surface area (Å²) in [6.07, 6.45) is -0.479. The molecule has 0 saturated carbocycles. The van der Waals surface area contributed by atoms with E-state index >= 15 is 0 Å². The summed E-state index contributed by atoms with van der Waals surface area (Å²) in [5, 5.41) is 2.84. The molecule has 0 fully saturated rings. The zero-order chi connectivity index (χ0) is 14.4. The largest absolute Gasteiger partial charge is 0.495 e. The highest BCUT2D eigenvalue weighted by Crippen LogP contribution is 2.25. The van der Waals surface area contributed by atoms with E-state index in [4.69, 9.17) is 9.47 Å². The number of hydrogen-bond donors (Lipinski definition) is 1. The lowest BCUT2D eigenvalue weighted by atomic mass is 10.2. The molecule has 106 valence electrons. The summed E-state index contributed by atoms with van der Waals surface area (Å²) < 4.78 is 10.7. The van der Waals surface area contributed by atoms with Gasteiger partial charge in [0.05, 0.1) is 12.8 Å². The highest BCUT2D eigenvalue weighted by molar-refractivity contribution is 5.95. The summed E-state index contributed by atoms with van der Waals surface area (Å²) in [4.78, 5) is 12.0. The van der Waals surface area contributed by atoms with Gasteiger partial charge in [0, 0.05) is 6.61 Å². The molecule has 1 aromatic carbocycles. The Morgan fingerprint density at radius 2 is 2.00 bits per heavy atom. The van der Waals surface area contributed by atoms with E-state index in [2.05, 4.69) is 5.32 Å². The summed E-state index contributed by atoms with van der Waals surface area (Å²) in [5.74, 6) is 0.892. The van der Waals surface area contributed by atoms with Crippen molar-refractivity contribution >= 4 is 11.6 Å². The third-order valence-electron chi connectivity index (χ3n) is 2.66. The molecular weight excluding hydrogens is 242 g/mol. The minimum absolute atomic E-state index is 0.162. The van der Waals surface area contributed by atoms with Crippen molar-refractivity contribution in [3.05, 3.63) is 23.8 Å². The second-order valence-corrected chi connectivity index (χ2v) is 5.06. The number of carbonyl (C=O) groups is 1. The van der Waals surface area contributed by atoms with Crippen LogP contribution in [0.5, 0.6) is 5.75 Å². The van der Waals surface area contributed by atoms with E-state index < -0.39 is 6.10 Å². The van der Waals surface area contributed by atoms with Crippen LogP contribution in [0.4, 0.5) is 5.69 Å². The molecule has 4 heteroatoms. The maximum atomic E-state index is 12.0. The molecule has 1 amide bonds. The van der Waals surface area contributed by atoms with Gasteiger partial charge in [-0.05, 0) is 37.5 Å². The maximum absolute atomic E-state index is 12.0. The van der Waals surface area contributed by atoms with Crippen molar-refractivity contribution in [2.45, 2.75) is 33.8 Å². The van der Waals surface area contributed by atoms with Crippen molar-refractivity contribution in [3.63, 3.8) is 0 Å². The Morgan fingerprint density at radius 1 is 1.32 bits per heavy atom. The molecule has 0 saturated heterocycles. The highest BCUT2D eigenvalue weighted by Gasteiger charge is 2.16. The van der Waals surface area contributed by atoms with E-state index in [0.29, 0.717) is 24.0 Å². The number of ether oxygens (including phenoxy) is 2. The lowest BCUT2D eigenvalue weighted by Crippen LogP contribution is -2.29. The number of aryl methyl sites for hydroxylation is 1. The van der Waals surface area contributed by atoms with Gasteiger partial charge in [0.15, 0.2) is 0 Å². The number of methoxy groups -OCH3 is 1. The molecule has 1 atom stereocenters. The van der Waals surface area contributed by atoms with Gasteiger partial charge in [0.1, 0.15) is 11.9 Å². The van der Waals surface area contributed by atoms with Crippen LogP contribution in [0.2, 0.25) is 0 Å². The minimum Gasteiger partial charge on any atom is -0.495 e. The monoisotopic (exact) mass is 265 g/mol. The quantitative estimate of drug-likeness (QED) is 0.860. The van der Waals surface area contributed by atoms with Crippen molar-refractivity contribution in [2.24, 2.45) is 5.92 Å². The highest BCUT2D eigenvalue weighted by atomic mass is 16.5. The first-order valence-corrected chi connectivity index (χ1v) is 6.51. The first-order valence-electron chi connectivity index (χ1n) is 6.51. The van der Waals surface area contributed by atoms with Crippen LogP contribution >= 0.6 is 0 Å². The Kier molecular flexibility index (Phi) is 5.83. The van der Waals surface area contributed by atoms with Crippen LogP contribution in [-0.2, 0) is 9.53 Å². The molecule has 1 N–H and O–H groups in total. The standard InChI is InChI=1S/C15H23NO3/c1-10(2)9-19-12(4)15(17)16-13-8-11(3)6-7-14(13)18-5/h6-8,10,12H,9H2,1-5H3,(H,16,17)/t12-/m0/s1. The Hall–Kier alpha value is -1.55. The van der Waals surface area contributed by atoms with Gasteiger partial charge >= 0.3 is 0 Å². The zero-order valence-electron chi connectivity index (χ0n) is 12.3. The van der Waals surface area contributed by atoms with Crippen LogP contribution in [0.15, 0.2) is 18.2 Å². The molecule has 19 heavy (non-hydrogen) atoms. The summed E-state index contributed by atoms with van der Waals surface area (Å²) in [6.45, 7) is 8.38. The third-order valence-corrected chi connectivity index (χ3v) is 2.66. The van der Waals surface area contributed by atoms with Crippen molar-refractivity contribution in [1.29, 1.82) is 0 Å². The van der Waals surface area contributed by atoms with E-state index in [1.54, 1.807) is 14.0 Å². The summed E-state index contributed by atoms with van der Waals surface area (Å²) in [5.41, 5.74) is 1.74. The Balaban J connectivity index is 2.68. The Labute approximate surface area is 115 Å². The molecule has 0 aromatic heterocycles.